The van der Waals surface area contributed by atoms with Gasteiger partial charge < -0.3 is 20.7 Å². The number of carbonyl (C=O) groups excluding carboxylic acids is 1. The summed E-state index contributed by atoms with van der Waals surface area (Å²) in [5.74, 6) is -0.163. The lowest BCUT2D eigenvalue weighted by molar-refractivity contribution is 0.0901. The Hall–Kier alpha value is -1.59. The molecular weight excluding hydrogens is 230 g/mol. The SMILES string of the molecule is CN(C)CCOCCNC(=O)c1ccccc1N. The zero-order valence-electron chi connectivity index (χ0n) is 11.0. The van der Waals surface area contributed by atoms with Crippen molar-refractivity contribution in [1.82, 2.24) is 10.2 Å². The van der Waals surface area contributed by atoms with Crippen LogP contribution in [0, 0.1) is 0 Å². The second-order valence-corrected chi connectivity index (χ2v) is 4.26. The van der Waals surface area contributed by atoms with Gasteiger partial charge in [0.05, 0.1) is 18.8 Å². The van der Waals surface area contributed by atoms with Crippen molar-refractivity contribution in [1.29, 1.82) is 0 Å². The van der Waals surface area contributed by atoms with E-state index in [1.54, 1.807) is 24.3 Å². The number of ether oxygens (including phenoxy) is 1. The number of anilines is 1. The van der Waals surface area contributed by atoms with Crippen molar-refractivity contribution in [3.8, 4) is 0 Å². The van der Waals surface area contributed by atoms with Gasteiger partial charge in [-0.25, -0.2) is 0 Å². The molecule has 0 saturated heterocycles. The van der Waals surface area contributed by atoms with E-state index < -0.39 is 0 Å². The van der Waals surface area contributed by atoms with Crippen LogP contribution >= 0.6 is 0 Å². The molecule has 0 aromatic heterocycles. The predicted octanol–water partition coefficient (Wildman–Crippen LogP) is 0.577. The summed E-state index contributed by atoms with van der Waals surface area (Å²) in [4.78, 5) is 13.8. The third kappa shape index (κ3) is 5.16. The second-order valence-electron chi connectivity index (χ2n) is 4.26. The molecule has 18 heavy (non-hydrogen) atoms. The van der Waals surface area contributed by atoms with Crippen LogP contribution in [-0.4, -0.2) is 51.2 Å². The highest BCUT2D eigenvalue weighted by Crippen LogP contribution is 2.09. The molecule has 1 aromatic rings. The molecule has 0 aliphatic carbocycles. The Labute approximate surface area is 108 Å². The first kappa shape index (κ1) is 14.5. The van der Waals surface area contributed by atoms with Gasteiger partial charge in [-0.3, -0.25) is 4.79 Å². The molecule has 0 unspecified atom stereocenters. The van der Waals surface area contributed by atoms with Crippen molar-refractivity contribution in [2.45, 2.75) is 0 Å². The van der Waals surface area contributed by atoms with Gasteiger partial charge in [0.2, 0.25) is 0 Å². The molecule has 0 atom stereocenters. The van der Waals surface area contributed by atoms with Crippen LogP contribution < -0.4 is 11.1 Å². The highest BCUT2D eigenvalue weighted by Gasteiger charge is 2.07. The van der Waals surface area contributed by atoms with Gasteiger partial charge in [-0.2, -0.15) is 0 Å². The zero-order valence-corrected chi connectivity index (χ0v) is 11.0. The van der Waals surface area contributed by atoms with Crippen LogP contribution in [0.25, 0.3) is 0 Å². The molecule has 0 aliphatic heterocycles. The quantitative estimate of drug-likeness (QED) is 0.549. The Bertz CT molecular complexity index is 380. The third-order valence-corrected chi connectivity index (χ3v) is 2.42. The average Bonchev–Trinajstić information content (AvgIpc) is 2.33. The maximum absolute atomic E-state index is 11.8. The highest BCUT2D eigenvalue weighted by atomic mass is 16.5. The van der Waals surface area contributed by atoms with E-state index in [0.29, 0.717) is 31.0 Å². The van der Waals surface area contributed by atoms with Crippen LogP contribution in [0.1, 0.15) is 10.4 Å². The predicted molar refractivity (Wildman–Crippen MR) is 72.6 cm³/mol. The fourth-order valence-electron chi connectivity index (χ4n) is 1.38. The maximum atomic E-state index is 11.8. The second kappa shape index (κ2) is 7.68. The van der Waals surface area contributed by atoms with Crippen molar-refractivity contribution in [3.63, 3.8) is 0 Å². The largest absolute Gasteiger partial charge is 0.398 e. The first-order chi connectivity index (χ1) is 8.61. The van der Waals surface area contributed by atoms with Gasteiger partial charge in [0, 0.05) is 18.8 Å². The number of nitrogen functional groups attached to an aromatic ring is 1. The van der Waals surface area contributed by atoms with Crippen molar-refractivity contribution >= 4 is 11.6 Å². The highest BCUT2D eigenvalue weighted by molar-refractivity contribution is 5.98. The van der Waals surface area contributed by atoms with E-state index in [1.807, 2.05) is 19.0 Å². The molecule has 5 nitrogen and oxygen atoms in total. The summed E-state index contributed by atoms with van der Waals surface area (Å²) < 4.78 is 5.37. The van der Waals surface area contributed by atoms with Crippen LogP contribution in [0.4, 0.5) is 5.69 Å². The third-order valence-electron chi connectivity index (χ3n) is 2.42. The van der Waals surface area contributed by atoms with Crippen molar-refractivity contribution < 1.29 is 9.53 Å². The van der Waals surface area contributed by atoms with E-state index in [0.717, 1.165) is 6.54 Å². The lowest BCUT2D eigenvalue weighted by Gasteiger charge is -2.10. The summed E-state index contributed by atoms with van der Waals surface area (Å²) in [6, 6.07) is 7.01. The molecule has 0 saturated carbocycles. The van der Waals surface area contributed by atoms with E-state index in [-0.39, 0.29) is 5.91 Å². The molecule has 5 heteroatoms. The summed E-state index contributed by atoms with van der Waals surface area (Å²) in [6.07, 6.45) is 0. The van der Waals surface area contributed by atoms with Crippen molar-refractivity contribution in [3.05, 3.63) is 29.8 Å². The van der Waals surface area contributed by atoms with Gasteiger partial charge in [-0.05, 0) is 26.2 Å². The molecule has 0 bridgehead atoms. The summed E-state index contributed by atoms with van der Waals surface area (Å²) in [5.41, 5.74) is 6.70. The van der Waals surface area contributed by atoms with Gasteiger partial charge in [0.1, 0.15) is 0 Å². The molecule has 3 N–H and O–H groups in total. The standard InChI is InChI=1S/C13H21N3O2/c1-16(2)8-10-18-9-7-15-13(17)11-5-3-4-6-12(11)14/h3-6H,7-10,14H2,1-2H3,(H,15,17). The summed E-state index contributed by atoms with van der Waals surface area (Å²) in [6.45, 7) is 2.53. The van der Waals surface area contributed by atoms with Crippen LogP contribution in [0.3, 0.4) is 0 Å². The number of nitrogens with one attached hydrogen (secondary N) is 1. The van der Waals surface area contributed by atoms with Gasteiger partial charge in [0.15, 0.2) is 0 Å². The fraction of sp³-hybridized carbons (Fsp3) is 0.462. The normalized spacial score (nSPS) is 10.6. The molecule has 100 valence electrons. The molecule has 1 rings (SSSR count). The smallest absolute Gasteiger partial charge is 0.253 e. The molecular formula is C13H21N3O2. The number of amides is 1. The Morgan fingerprint density at radius 2 is 2.06 bits per heavy atom. The van der Waals surface area contributed by atoms with Crippen LogP contribution in [0.2, 0.25) is 0 Å². The number of nitrogens with two attached hydrogens (primary N) is 1. The Balaban J connectivity index is 2.20. The van der Waals surface area contributed by atoms with E-state index in [9.17, 15) is 4.79 Å². The number of benzene rings is 1. The zero-order chi connectivity index (χ0) is 13.4. The number of nitrogens with zero attached hydrogens (tertiary/aromatic N) is 1. The molecule has 0 aliphatic rings. The average molecular weight is 251 g/mol. The Morgan fingerprint density at radius 1 is 1.33 bits per heavy atom. The Morgan fingerprint density at radius 3 is 2.72 bits per heavy atom. The lowest BCUT2D eigenvalue weighted by Crippen LogP contribution is -2.28. The molecule has 0 spiro atoms. The topological polar surface area (TPSA) is 67.6 Å². The molecule has 0 heterocycles. The van der Waals surface area contributed by atoms with Gasteiger partial charge in [0.25, 0.3) is 5.91 Å². The number of para-hydroxylation sites is 1. The summed E-state index contributed by atoms with van der Waals surface area (Å²) in [5, 5.41) is 2.77. The summed E-state index contributed by atoms with van der Waals surface area (Å²) in [7, 11) is 3.98. The number of likely N-dealkylation sites (N-methyl/N-ethyl adjacent to an activating group) is 1. The van der Waals surface area contributed by atoms with Crippen LogP contribution in [0.5, 0.6) is 0 Å². The Kier molecular flexibility index (Phi) is 6.18. The monoisotopic (exact) mass is 251 g/mol. The molecule has 1 aromatic carbocycles. The van der Waals surface area contributed by atoms with Crippen LogP contribution in [-0.2, 0) is 4.74 Å². The first-order valence-corrected chi connectivity index (χ1v) is 5.96. The fourth-order valence-corrected chi connectivity index (χ4v) is 1.38. The molecule has 1 amide bonds. The summed E-state index contributed by atoms with van der Waals surface area (Å²) >= 11 is 0. The minimum Gasteiger partial charge on any atom is -0.398 e. The van der Waals surface area contributed by atoms with Gasteiger partial charge in [-0.1, -0.05) is 12.1 Å². The first-order valence-electron chi connectivity index (χ1n) is 5.96. The number of hydrogen-bond acceptors (Lipinski definition) is 4. The van der Waals surface area contributed by atoms with E-state index in [2.05, 4.69) is 5.32 Å². The number of rotatable bonds is 7. The lowest BCUT2D eigenvalue weighted by atomic mass is 10.2. The molecule has 0 fully saturated rings. The minimum absolute atomic E-state index is 0.163. The van der Waals surface area contributed by atoms with Crippen molar-refractivity contribution in [2.24, 2.45) is 0 Å². The van der Waals surface area contributed by atoms with Gasteiger partial charge >= 0.3 is 0 Å². The number of hydrogen-bond donors (Lipinski definition) is 2. The van der Waals surface area contributed by atoms with E-state index >= 15 is 0 Å². The number of carbonyl (C=O) groups is 1. The maximum Gasteiger partial charge on any atom is 0.253 e. The van der Waals surface area contributed by atoms with Crippen LogP contribution in [0.15, 0.2) is 24.3 Å². The van der Waals surface area contributed by atoms with E-state index in [4.69, 9.17) is 10.5 Å². The van der Waals surface area contributed by atoms with Crippen molar-refractivity contribution in [2.75, 3.05) is 46.1 Å². The van der Waals surface area contributed by atoms with Gasteiger partial charge in [-0.15, -0.1) is 0 Å². The molecule has 0 radical (unpaired) electrons. The minimum atomic E-state index is -0.163. The van der Waals surface area contributed by atoms with E-state index in [1.165, 1.54) is 0 Å².